The van der Waals surface area contributed by atoms with Crippen LogP contribution < -0.4 is 5.32 Å². The van der Waals surface area contributed by atoms with E-state index in [2.05, 4.69) is 22.1 Å². The van der Waals surface area contributed by atoms with Crippen molar-refractivity contribution >= 4 is 23.2 Å². The molecule has 0 bridgehead atoms. The lowest BCUT2D eigenvalue weighted by molar-refractivity contribution is 0.199. The number of nitrogens with zero attached hydrogens (tertiary/aromatic N) is 2. The Balaban J connectivity index is 2.12. The summed E-state index contributed by atoms with van der Waals surface area (Å²) in [5.74, 6) is 0. The molecule has 5 heteroatoms. The molecule has 1 aromatic rings. The minimum atomic E-state index is 0.514. The summed E-state index contributed by atoms with van der Waals surface area (Å²) in [4.78, 5) is 6.61. The summed E-state index contributed by atoms with van der Waals surface area (Å²) in [6.45, 7) is 7.90. The average molecular weight is 274 g/mol. The summed E-state index contributed by atoms with van der Waals surface area (Å²) in [7, 11) is 0. The lowest BCUT2D eigenvalue weighted by Crippen LogP contribution is -2.48. The lowest BCUT2D eigenvalue weighted by Gasteiger charge is -2.32. The molecule has 1 N–H and O–H groups in total. The number of halogens is 2. The highest BCUT2D eigenvalue weighted by atomic mass is 35.5. The molecule has 1 aliphatic rings. The molecule has 2 heterocycles. The number of aryl methyl sites for hydroxylation is 1. The topological polar surface area (TPSA) is 28.2 Å². The fraction of sp³-hybridized carbons (Fsp3) is 0.583. The molecule has 0 aromatic carbocycles. The Bertz CT molecular complexity index is 386. The maximum atomic E-state index is 6.22. The molecule has 1 aromatic heterocycles. The Morgan fingerprint density at radius 2 is 2.29 bits per heavy atom. The smallest absolute Gasteiger partial charge is 0.135 e. The molecule has 1 saturated heterocycles. The number of rotatable bonds is 2. The van der Waals surface area contributed by atoms with Gasteiger partial charge in [-0.05, 0) is 19.9 Å². The molecule has 0 radical (unpaired) electrons. The Morgan fingerprint density at radius 3 is 2.94 bits per heavy atom. The van der Waals surface area contributed by atoms with Crippen molar-refractivity contribution in [3.8, 4) is 0 Å². The van der Waals surface area contributed by atoms with E-state index in [0.29, 0.717) is 16.2 Å². The van der Waals surface area contributed by atoms with Gasteiger partial charge in [-0.1, -0.05) is 23.2 Å². The van der Waals surface area contributed by atoms with Gasteiger partial charge in [-0.2, -0.15) is 0 Å². The Kier molecular flexibility index (Phi) is 4.26. The molecule has 17 heavy (non-hydrogen) atoms. The van der Waals surface area contributed by atoms with Crippen LogP contribution in [0, 0.1) is 6.92 Å². The molecule has 1 unspecified atom stereocenters. The van der Waals surface area contributed by atoms with Crippen molar-refractivity contribution in [2.24, 2.45) is 0 Å². The average Bonchev–Trinajstić information content (AvgIpc) is 2.23. The van der Waals surface area contributed by atoms with Gasteiger partial charge in [0.2, 0.25) is 0 Å². The minimum Gasteiger partial charge on any atom is -0.312 e. The summed E-state index contributed by atoms with van der Waals surface area (Å²) in [5.41, 5.74) is 1.80. The highest BCUT2D eigenvalue weighted by Crippen LogP contribution is 2.25. The zero-order valence-electron chi connectivity index (χ0n) is 10.1. The first-order chi connectivity index (χ1) is 8.06. The predicted molar refractivity (Wildman–Crippen MR) is 71.7 cm³/mol. The summed E-state index contributed by atoms with van der Waals surface area (Å²) in [6.07, 6.45) is 0. The monoisotopic (exact) mass is 273 g/mol. The van der Waals surface area contributed by atoms with Crippen LogP contribution in [0.1, 0.15) is 18.2 Å². The predicted octanol–water partition coefficient (Wildman–Crippen LogP) is 2.49. The number of hydrogen-bond donors (Lipinski definition) is 1. The molecule has 0 spiro atoms. The second-order valence-electron chi connectivity index (χ2n) is 4.61. The first kappa shape index (κ1) is 13.1. The van der Waals surface area contributed by atoms with E-state index in [1.165, 1.54) is 0 Å². The fourth-order valence-corrected chi connectivity index (χ4v) is 2.79. The molecule has 0 saturated carbocycles. The van der Waals surface area contributed by atoms with Gasteiger partial charge in [0.15, 0.2) is 0 Å². The summed E-state index contributed by atoms with van der Waals surface area (Å²) in [6, 6.07) is 2.38. The van der Waals surface area contributed by atoms with Crippen molar-refractivity contribution in [3.63, 3.8) is 0 Å². The first-order valence-electron chi connectivity index (χ1n) is 5.83. The van der Waals surface area contributed by atoms with Crippen LogP contribution in [-0.4, -0.2) is 35.6 Å². The van der Waals surface area contributed by atoms with E-state index in [1.54, 1.807) is 0 Å². The van der Waals surface area contributed by atoms with E-state index in [9.17, 15) is 0 Å². The standard InChI is InChI=1S/C12H17Cl2N3/c1-8-5-11(13)10(12(14)16-8)7-17-4-3-15-9(2)6-17/h5,9,15H,3-4,6-7H2,1-2H3. The van der Waals surface area contributed by atoms with Crippen molar-refractivity contribution in [2.75, 3.05) is 19.6 Å². The quantitative estimate of drug-likeness (QED) is 0.840. The molecule has 0 aliphatic carbocycles. The number of hydrogen-bond acceptors (Lipinski definition) is 3. The second-order valence-corrected chi connectivity index (χ2v) is 5.37. The van der Waals surface area contributed by atoms with Crippen molar-refractivity contribution in [1.82, 2.24) is 15.2 Å². The SMILES string of the molecule is Cc1cc(Cl)c(CN2CCNC(C)C2)c(Cl)n1. The van der Waals surface area contributed by atoms with Gasteiger partial charge in [0.05, 0.1) is 0 Å². The first-order valence-corrected chi connectivity index (χ1v) is 6.59. The van der Waals surface area contributed by atoms with E-state index in [1.807, 2.05) is 13.0 Å². The lowest BCUT2D eigenvalue weighted by atomic mass is 10.2. The highest BCUT2D eigenvalue weighted by Gasteiger charge is 2.18. The third kappa shape index (κ3) is 3.32. The third-order valence-corrected chi connectivity index (χ3v) is 3.63. The minimum absolute atomic E-state index is 0.514. The van der Waals surface area contributed by atoms with Gasteiger partial charge in [-0.3, -0.25) is 4.90 Å². The highest BCUT2D eigenvalue weighted by molar-refractivity contribution is 6.35. The van der Waals surface area contributed by atoms with E-state index in [0.717, 1.165) is 37.4 Å². The van der Waals surface area contributed by atoms with Gasteiger partial charge in [-0.25, -0.2) is 4.98 Å². The zero-order valence-corrected chi connectivity index (χ0v) is 11.6. The Morgan fingerprint density at radius 1 is 1.53 bits per heavy atom. The summed E-state index contributed by atoms with van der Waals surface area (Å²) in [5, 5.41) is 4.66. The maximum absolute atomic E-state index is 6.22. The summed E-state index contributed by atoms with van der Waals surface area (Å²) >= 11 is 12.4. The van der Waals surface area contributed by atoms with E-state index in [-0.39, 0.29) is 0 Å². The largest absolute Gasteiger partial charge is 0.312 e. The molecular weight excluding hydrogens is 257 g/mol. The number of aromatic nitrogens is 1. The molecule has 1 fully saturated rings. The molecule has 1 aliphatic heterocycles. The number of pyridine rings is 1. The Labute approximate surface area is 112 Å². The van der Waals surface area contributed by atoms with Gasteiger partial charge in [-0.15, -0.1) is 0 Å². The molecule has 0 amide bonds. The van der Waals surface area contributed by atoms with Crippen molar-refractivity contribution in [2.45, 2.75) is 26.4 Å². The van der Waals surface area contributed by atoms with Crippen molar-refractivity contribution in [1.29, 1.82) is 0 Å². The maximum Gasteiger partial charge on any atom is 0.135 e. The van der Waals surface area contributed by atoms with Crippen LogP contribution in [0.25, 0.3) is 0 Å². The van der Waals surface area contributed by atoms with E-state index in [4.69, 9.17) is 23.2 Å². The fourth-order valence-electron chi connectivity index (χ4n) is 2.14. The van der Waals surface area contributed by atoms with Gasteiger partial charge >= 0.3 is 0 Å². The van der Waals surface area contributed by atoms with Gasteiger partial charge in [0.25, 0.3) is 0 Å². The molecule has 2 rings (SSSR count). The van der Waals surface area contributed by atoms with E-state index < -0.39 is 0 Å². The second kappa shape index (κ2) is 5.53. The van der Waals surface area contributed by atoms with Gasteiger partial charge in [0.1, 0.15) is 5.15 Å². The van der Waals surface area contributed by atoms with Crippen molar-refractivity contribution < 1.29 is 0 Å². The van der Waals surface area contributed by atoms with Crippen LogP contribution in [0.2, 0.25) is 10.2 Å². The van der Waals surface area contributed by atoms with Crippen molar-refractivity contribution in [3.05, 3.63) is 27.5 Å². The Hall–Kier alpha value is -0.350. The van der Waals surface area contributed by atoms with Crippen LogP contribution >= 0.6 is 23.2 Å². The summed E-state index contributed by atoms with van der Waals surface area (Å²) < 4.78 is 0. The number of nitrogens with one attached hydrogen (secondary N) is 1. The van der Waals surface area contributed by atoms with Gasteiger partial charge < -0.3 is 5.32 Å². The molecule has 94 valence electrons. The van der Waals surface area contributed by atoms with Crippen LogP contribution in [-0.2, 0) is 6.54 Å². The number of piperazine rings is 1. The van der Waals surface area contributed by atoms with Gasteiger partial charge in [0, 0.05) is 48.5 Å². The normalized spacial score (nSPS) is 21.8. The van der Waals surface area contributed by atoms with Crippen LogP contribution in [0.15, 0.2) is 6.07 Å². The van der Waals surface area contributed by atoms with E-state index >= 15 is 0 Å². The zero-order chi connectivity index (χ0) is 12.4. The van der Waals surface area contributed by atoms with Crippen LogP contribution in [0.5, 0.6) is 0 Å². The molecule has 3 nitrogen and oxygen atoms in total. The van der Waals surface area contributed by atoms with Crippen LogP contribution in [0.4, 0.5) is 0 Å². The van der Waals surface area contributed by atoms with Crippen LogP contribution in [0.3, 0.4) is 0 Å². The third-order valence-electron chi connectivity index (χ3n) is 2.98. The molecular formula is C12H17Cl2N3. The molecule has 1 atom stereocenters.